The van der Waals surface area contributed by atoms with Crippen LogP contribution in [0.25, 0.3) is 0 Å². The summed E-state index contributed by atoms with van der Waals surface area (Å²) in [5.41, 5.74) is 0. The summed E-state index contributed by atoms with van der Waals surface area (Å²) >= 11 is 6.01. The highest BCUT2D eigenvalue weighted by atomic mass is 35.5. The van der Waals surface area contributed by atoms with Crippen LogP contribution in [0.1, 0.15) is 25.7 Å². The van der Waals surface area contributed by atoms with Gasteiger partial charge in [0.25, 0.3) is 10.0 Å². The largest absolute Gasteiger partial charge is 0.354 e. The molecule has 2 atom stereocenters. The smallest absolute Gasteiger partial charge is 0.261 e. The molecule has 0 spiro atoms. The normalized spacial score (nSPS) is 24.2. The predicted molar refractivity (Wildman–Crippen MR) is 101 cm³/mol. The zero-order valence-corrected chi connectivity index (χ0v) is 17.0. The molecule has 0 bridgehead atoms. The molecule has 8 nitrogen and oxygen atoms in total. The first kappa shape index (κ1) is 21.4. The highest BCUT2D eigenvalue weighted by molar-refractivity contribution is 7.89. The number of nitrogens with zero attached hydrogens (tertiary/aromatic N) is 3. The van der Waals surface area contributed by atoms with Gasteiger partial charge >= 0.3 is 0 Å². The van der Waals surface area contributed by atoms with Crippen LogP contribution in [0.3, 0.4) is 0 Å². The minimum absolute atomic E-state index is 0. The molecule has 2 N–H and O–H groups in total. The van der Waals surface area contributed by atoms with E-state index in [9.17, 15) is 13.2 Å². The molecule has 2 aliphatic rings. The summed E-state index contributed by atoms with van der Waals surface area (Å²) in [5.74, 6) is 0.105. The number of amides is 1. The summed E-state index contributed by atoms with van der Waals surface area (Å²) in [7, 11) is -2.13. The first-order chi connectivity index (χ1) is 11.9. The summed E-state index contributed by atoms with van der Waals surface area (Å²) < 4.78 is 28.5. The minimum atomic E-state index is -3.69. The molecule has 11 heteroatoms. The summed E-state index contributed by atoms with van der Waals surface area (Å²) in [6, 6.07) is -0.114. The van der Waals surface area contributed by atoms with Crippen molar-refractivity contribution in [1.29, 1.82) is 0 Å². The van der Waals surface area contributed by atoms with Gasteiger partial charge in [-0.1, -0.05) is 11.6 Å². The molecule has 1 aromatic rings. The Morgan fingerprint density at radius 3 is 2.81 bits per heavy atom. The third-order valence-electron chi connectivity index (χ3n) is 4.85. The average Bonchev–Trinajstić information content (AvgIpc) is 3.23. The SMILES string of the molecule is Cl.Cn1ncc(Cl)c1S(=O)(=O)N1CCCC(CNC(=O)C2CCCN2)C1. The van der Waals surface area contributed by atoms with Crippen molar-refractivity contribution in [3.63, 3.8) is 0 Å². The number of hydrogen-bond donors (Lipinski definition) is 2. The molecule has 0 aliphatic carbocycles. The van der Waals surface area contributed by atoms with Gasteiger partial charge < -0.3 is 10.6 Å². The number of rotatable bonds is 5. The van der Waals surface area contributed by atoms with E-state index in [1.54, 1.807) is 7.05 Å². The van der Waals surface area contributed by atoms with Crippen LogP contribution >= 0.6 is 24.0 Å². The molecule has 1 aromatic heterocycles. The molecular weight excluding hydrogens is 401 g/mol. The highest BCUT2D eigenvalue weighted by Gasteiger charge is 2.34. The van der Waals surface area contributed by atoms with Crippen LogP contribution in [0.4, 0.5) is 0 Å². The van der Waals surface area contributed by atoms with Crippen LogP contribution in [0.5, 0.6) is 0 Å². The van der Waals surface area contributed by atoms with E-state index in [2.05, 4.69) is 15.7 Å². The summed E-state index contributed by atoms with van der Waals surface area (Å²) in [6.07, 6.45) is 4.86. The fourth-order valence-electron chi connectivity index (χ4n) is 3.50. The Hall–Kier alpha value is -0.870. The van der Waals surface area contributed by atoms with Gasteiger partial charge in [-0.05, 0) is 38.1 Å². The van der Waals surface area contributed by atoms with E-state index in [0.29, 0.717) is 19.6 Å². The lowest BCUT2D eigenvalue weighted by molar-refractivity contribution is -0.123. The van der Waals surface area contributed by atoms with Gasteiger partial charge in [-0.3, -0.25) is 9.48 Å². The molecule has 2 unspecified atom stereocenters. The Labute approximate surface area is 165 Å². The predicted octanol–water partition coefficient (Wildman–Crippen LogP) is 0.764. The molecule has 0 saturated carbocycles. The Morgan fingerprint density at radius 2 is 2.19 bits per heavy atom. The lowest BCUT2D eigenvalue weighted by Gasteiger charge is -2.32. The minimum Gasteiger partial charge on any atom is -0.354 e. The second-order valence-electron chi connectivity index (χ2n) is 6.69. The number of nitrogens with one attached hydrogen (secondary N) is 2. The lowest BCUT2D eigenvalue weighted by Crippen LogP contribution is -2.46. The Morgan fingerprint density at radius 1 is 1.42 bits per heavy atom. The van der Waals surface area contributed by atoms with Crippen LogP contribution < -0.4 is 10.6 Å². The van der Waals surface area contributed by atoms with Gasteiger partial charge in [0.1, 0.15) is 0 Å². The maximum atomic E-state index is 12.9. The maximum Gasteiger partial charge on any atom is 0.261 e. The second-order valence-corrected chi connectivity index (χ2v) is 8.95. The number of carbonyl (C=O) groups is 1. The van der Waals surface area contributed by atoms with Crippen LogP contribution in [0, 0.1) is 5.92 Å². The van der Waals surface area contributed by atoms with E-state index < -0.39 is 10.0 Å². The standard InChI is InChI=1S/C15H24ClN5O3S.ClH/c1-20-15(12(16)9-19-20)25(23,24)21-7-3-4-11(10-21)8-18-14(22)13-5-2-6-17-13;/h9,11,13,17H,2-8,10H2,1H3,(H,18,22);1H. The first-order valence-electron chi connectivity index (χ1n) is 8.58. The van der Waals surface area contributed by atoms with Gasteiger partial charge in [-0.15, -0.1) is 12.4 Å². The van der Waals surface area contributed by atoms with Crippen molar-refractivity contribution < 1.29 is 13.2 Å². The zero-order chi connectivity index (χ0) is 18.0. The number of sulfonamides is 1. The molecule has 26 heavy (non-hydrogen) atoms. The lowest BCUT2D eigenvalue weighted by atomic mass is 9.99. The van der Waals surface area contributed by atoms with Crippen LogP contribution in [0.2, 0.25) is 5.02 Å². The van der Waals surface area contributed by atoms with E-state index in [1.807, 2.05) is 0 Å². The number of aromatic nitrogens is 2. The van der Waals surface area contributed by atoms with Crippen molar-refractivity contribution in [3.8, 4) is 0 Å². The van der Waals surface area contributed by atoms with E-state index in [4.69, 9.17) is 11.6 Å². The van der Waals surface area contributed by atoms with Crippen LogP contribution in [-0.2, 0) is 21.9 Å². The Bertz CT molecular complexity index is 714. The summed E-state index contributed by atoms with van der Waals surface area (Å²) in [4.78, 5) is 12.1. The molecule has 3 heterocycles. The van der Waals surface area contributed by atoms with Crippen molar-refractivity contribution in [2.45, 2.75) is 36.8 Å². The summed E-state index contributed by atoms with van der Waals surface area (Å²) in [6.45, 7) is 2.20. The molecule has 3 rings (SSSR count). The van der Waals surface area contributed by atoms with E-state index in [-0.39, 0.29) is 40.3 Å². The molecule has 1 amide bonds. The van der Waals surface area contributed by atoms with Crippen LogP contribution in [0.15, 0.2) is 11.2 Å². The Balaban J connectivity index is 0.00000243. The molecule has 2 fully saturated rings. The quantitative estimate of drug-likeness (QED) is 0.725. The van der Waals surface area contributed by atoms with Gasteiger partial charge in [-0.2, -0.15) is 9.40 Å². The number of carbonyl (C=O) groups excluding carboxylic acids is 1. The molecule has 2 aliphatic heterocycles. The molecule has 2 saturated heterocycles. The number of piperidine rings is 1. The van der Waals surface area contributed by atoms with Crippen LogP contribution in [-0.4, -0.2) is 60.6 Å². The third kappa shape index (κ3) is 4.51. The molecule has 0 radical (unpaired) electrons. The van der Waals surface area contributed by atoms with Crippen molar-refractivity contribution in [1.82, 2.24) is 24.7 Å². The number of hydrogen-bond acceptors (Lipinski definition) is 5. The van der Waals surface area contributed by atoms with Gasteiger partial charge in [-0.25, -0.2) is 8.42 Å². The second kappa shape index (κ2) is 8.88. The van der Waals surface area contributed by atoms with E-state index in [0.717, 1.165) is 32.2 Å². The first-order valence-corrected chi connectivity index (χ1v) is 10.4. The van der Waals surface area contributed by atoms with Gasteiger partial charge in [0, 0.05) is 26.7 Å². The summed E-state index contributed by atoms with van der Waals surface area (Å²) in [5, 5.41) is 10.2. The van der Waals surface area contributed by atoms with E-state index >= 15 is 0 Å². The monoisotopic (exact) mass is 425 g/mol. The fourth-order valence-corrected chi connectivity index (χ4v) is 5.66. The zero-order valence-electron chi connectivity index (χ0n) is 14.6. The topological polar surface area (TPSA) is 96.3 Å². The third-order valence-corrected chi connectivity index (χ3v) is 7.22. The average molecular weight is 426 g/mol. The molecule has 148 valence electrons. The maximum absolute atomic E-state index is 12.9. The van der Waals surface area contributed by atoms with Crippen molar-refractivity contribution >= 4 is 39.9 Å². The molecular formula is C15H25Cl2N5O3S. The van der Waals surface area contributed by atoms with Crippen molar-refractivity contribution in [3.05, 3.63) is 11.2 Å². The fraction of sp³-hybridized carbons (Fsp3) is 0.733. The van der Waals surface area contributed by atoms with Gasteiger partial charge in [0.15, 0.2) is 5.03 Å². The number of aryl methyl sites for hydroxylation is 1. The highest BCUT2D eigenvalue weighted by Crippen LogP contribution is 2.27. The Kier molecular flexibility index (Phi) is 7.32. The van der Waals surface area contributed by atoms with Crippen molar-refractivity contribution in [2.24, 2.45) is 13.0 Å². The van der Waals surface area contributed by atoms with Crippen molar-refractivity contribution in [2.75, 3.05) is 26.2 Å². The van der Waals surface area contributed by atoms with Gasteiger partial charge in [0.05, 0.1) is 17.3 Å². The van der Waals surface area contributed by atoms with E-state index in [1.165, 1.54) is 15.2 Å². The number of halogens is 2. The van der Waals surface area contributed by atoms with Gasteiger partial charge in [0.2, 0.25) is 5.91 Å². The molecule has 0 aromatic carbocycles.